The van der Waals surface area contributed by atoms with Crippen molar-refractivity contribution in [1.29, 1.82) is 0 Å². The van der Waals surface area contributed by atoms with Gasteiger partial charge < -0.3 is 11.1 Å². The van der Waals surface area contributed by atoms with Gasteiger partial charge in [0.15, 0.2) is 5.96 Å². The van der Waals surface area contributed by atoms with Gasteiger partial charge in [0.25, 0.3) is 5.91 Å². The minimum absolute atomic E-state index is 0.138. The molecule has 3 atom stereocenters. The van der Waals surface area contributed by atoms with Gasteiger partial charge in [0.1, 0.15) is 5.54 Å². The lowest BCUT2D eigenvalue weighted by Crippen LogP contribution is -2.45. The lowest BCUT2D eigenvalue weighted by atomic mass is 9.74. The molecule has 5 heteroatoms. The highest BCUT2D eigenvalue weighted by molar-refractivity contribution is 6.06. The van der Waals surface area contributed by atoms with Crippen LogP contribution in [-0.2, 0) is 4.79 Å². The third-order valence-electron chi connectivity index (χ3n) is 7.16. The highest BCUT2D eigenvalue weighted by Gasteiger charge is 2.47. The summed E-state index contributed by atoms with van der Waals surface area (Å²) < 4.78 is 0. The topological polar surface area (TPSA) is 70.7 Å². The van der Waals surface area contributed by atoms with E-state index in [2.05, 4.69) is 12.2 Å². The van der Waals surface area contributed by atoms with Gasteiger partial charge >= 0.3 is 0 Å². The molecule has 27 heavy (non-hydrogen) atoms. The van der Waals surface area contributed by atoms with Gasteiger partial charge in [-0.1, -0.05) is 51.9 Å². The monoisotopic (exact) mass is 376 g/mol. The Balaban J connectivity index is 1.66. The molecule has 2 fully saturated rings. The molecule has 0 aromatic heterocycles. The minimum atomic E-state index is -0.590. The van der Waals surface area contributed by atoms with Crippen LogP contribution in [-0.4, -0.2) is 41.9 Å². The van der Waals surface area contributed by atoms with Crippen molar-refractivity contribution in [1.82, 2.24) is 10.2 Å². The van der Waals surface area contributed by atoms with Crippen LogP contribution in [0.2, 0.25) is 0 Å². The fourth-order valence-electron chi connectivity index (χ4n) is 5.56. The number of carbonyl (C=O) groups excluding carboxylic acids is 1. The Bertz CT molecular complexity index is 528. The second-order valence-electron chi connectivity index (χ2n) is 9.30. The molecule has 0 aromatic carbocycles. The lowest BCUT2D eigenvalue weighted by molar-refractivity contribution is -0.131. The highest BCUT2D eigenvalue weighted by Crippen LogP contribution is 2.40. The zero-order valence-corrected chi connectivity index (χ0v) is 17.5. The first-order chi connectivity index (χ1) is 13.0. The Hall–Kier alpha value is -1.10. The van der Waals surface area contributed by atoms with Gasteiger partial charge in [0.2, 0.25) is 0 Å². The summed E-state index contributed by atoms with van der Waals surface area (Å²) in [5.74, 6) is 1.90. The summed E-state index contributed by atoms with van der Waals surface area (Å²) in [5, 5.41) is 3.70. The van der Waals surface area contributed by atoms with Crippen LogP contribution in [0.4, 0.5) is 0 Å². The Morgan fingerprint density at radius 3 is 2.56 bits per heavy atom. The number of carbonyl (C=O) groups is 1. The summed E-state index contributed by atoms with van der Waals surface area (Å²) in [6.07, 6.45) is 15.7. The maximum atomic E-state index is 13.2. The van der Waals surface area contributed by atoms with Gasteiger partial charge in [0.05, 0.1) is 0 Å². The molecule has 1 aliphatic heterocycles. The number of hydrogen-bond acceptors (Lipinski definition) is 4. The Morgan fingerprint density at radius 2 is 1.89 bits per heavy atom. The van der Waals surface area contributed by atoms with Crippen LogP contribution >= 0.6 is 0 Å². The van der Waals surface area contributed by atoms with E-state index in [-0.39, 0.29) is 5.91 Å². The zero-order valence-electron chi connectivity index (χ0n) is 17.5. The summed E-state index contributed by atoms with van der Waals surface area (Å²) in [7, 11) is 1.79. The van der Waals surface area contributed by atoms with Crippen LogP contribution in [0.25, 0.3) is 0 Å². The van der Waals surface area contributed by atoms with Gasteiger partial charge in [-0.15, -0.1) is 0 Å². The van der Waals surface area contributed by atoms with Crippen LogP contribution in [0.15, 0.2) is 4.99 Å². The van der Waals surface area contributed by atoms with Crippen molar-refractivity contribution in [3.8, 4) is 0 Å². The third-order valence-corrected chi connectivity index (χ3v) is 7.16. The fourth-order valence-corrected chi connectivity index (χ4v) is 5.56. The molecule has 154 valence electrons. The molecule has 0 bridgehead atoms. The number of hydrogen-bond donors (Lipinski definition) is 2. The number of amides is 1. The molecule has 3 aliphatic rings. The number of guanidine groups is 1. The molecule has 0 spiro atoms. The predicted molar refractivity (Wildman–Crippen MR) is 112 cm³/mol. The number of likely N-dealkylation sites (N-methyl/N-ethyl adjacent to an activating group) is 1. The van der Waals surface area contributed by atoms with Crippen molar-refractivity contribution >= 4 is 11.9 Å². The first-order valence-corrected chi connectivity index (χ1v) is 11.4. The molecule has 3 rings (SSSR count). The standard InChI is InChI=1S/C22H40N4O/c1-3-14-24-19-11-7-10-18(15-19)16-22(20(27)26(2)21(23)25-22)13-12-17-8-5-4-6-9-17/h17-19,24H,3-16H2,1-2H3,(H2,23,25)/t18-,19+,22-/m1/s1. The van der Waals surface area contributed by atoms with Crippen LogP contribution in [0.1, 0.15) is 90.4 Å². The Morgan fingerprint density at radius 1 is 1.15 bits per heavy atom. The molecule has 2 aliphatic carbocycles. The van der Waals surface area contributed by atoms with Crippen LogP contribution in [0.5, 0.6) is 0 Å². The number of nitrogens with two attached hydrogens (primary N) is 1. The van der Waals surface area contributed by atoms with Crippen molar-refractivity contribution in [3.63, 3.8) is 0 Å². The van der Waals surface area contributed by atoms with Gasteiger partial charge in [-0.2, -0.15) is 0 Å². The molecule has 0 aromatic rings. The van der Waals surface area contributed by atoms with E-state index in [0.717, 1.165) is 31.7 Å². The van der Waals surface area contributed by atoms with Gasteiger partial charge in [-0.3, -0.25) is 9.69 Å². The quantitative estimate of drug-likeness (QED) is 0.676. The molecule has 1 heterocycles. The molecule has 1 amide bonds. The van der Waals surface area contributed by atoms with E-state index in [1.54, 1.807) is 11.9 Å². The van der Waals surface area contributed by atoms with Crippen LogP contribution in [0, 0.1) is 11.8 Å². The molecule has 0 radical (unpaired) electrons. The van der Waals surface area contributed by atoms with Crippen molar-refractivity contribution in [2.75, 3.05) is 13.6 Å². The Kier molecular flexibility index (Phi) is 7.18. The average Bonchev–Trinajstić information content (AvgIpc) is 2.90. The van der Waals surface area contributed by atoms with E-state index in [1.807, 2.05) is 0 Å². The summed E-state index contributed by atoms with van der Waals surface area (Å²) in [6.45, 7) is 3.31. The smallest absolute Gasteiger partial charge is 0.257 e. The van der Waals surface area contributed by atoms with E-state index >= 15 is 0 Å². The maximum absolute atomic E-state index is 13.2. The predicted octanol–water partition coefficient (Wildman–Crippen LogP) is 3.82. The number of nitrogens with zero attached hydrogens (tertiary/aromatic N) is 2. The van der Waals surface area contributed by atoms with E-state index in [0.29, 0.717) is 17.9 Å². The highest BCUT2D eigenvalue weighted by atomic mass is 16.2. The molecular formula is C22H40N4O. The first kappa shape index (κ1) is 20.6. The summed E-state index contributed by atoms with van der Waals surface area (Å²) in [5.41, 5.74) is 5.50. The molecular weight excluding hydrogens is 336 g/mol. The molecule has 3 N–H and O–H groups in total. The van der Waals surface area contributed by atoms with Crippen molar-refractivity contribution in [2.24, 2.45) is 22.6 Å². The largest absolute Gasteiger partial charge is 0.369 e. The van der Waals surface area contributed by atoms with E-state index in [9.17, 15) is 4.79 Å². The van der Waals surface area contributed by atoms with Gasteiger partial charge in [-0.05, 0) is 56.9 Å². The number of nitrogens with one attached hydrogen (secondary N) is 1. The maximum Gasteiger partial charge on any atom is 0.257 e. The van der Waals surface area contributed by atoms with Crippen LogP contribution < -0.4 is 11.1 Å². The summed E-state index contributed by atoms with van der Waals surface area (Å²) >= 11 is 0. The van der Waals surface area contributed by atoms with E-state index in [4.69, 9.17) is 10.7 Å². The SMILES string of the molecule is CCCN[C@H]1CCC[C@@H](C[C@@]2(CCC3CCCCC3)N=C(N)N(C)C2=O)C1. The second kappa shape index (κ2) is 9.40. The normalized spacial score (nSPS) is 32.7. The fraction of sp³-hybridized carbons (Fsp3) is 0.909. The van der Waals surface area contributed by atoms with Crippen LogP contribution in [0.3, 0.4) is 0 Å². The average molecular weight is 377 g/mol. The Labute approximate surface area is 165 Å². The van der Waals surface area contributed by atoms with E-state index in [1.165, 1.54) is 64.2 Å². The minimum Gasteiger partial charge on any atom is -0.369 e. The zero-order chi connectivity index (χ0) is 19.3. The summed E-state index contributed by atoms with van der Waals surface area (Å²) in [6, 6.07) is 0.606. The molecule has 0 saturated heterocycles. The van der Waals surface area contributed by atoms with E-state index < -0.39 is 5.54 Å². The molecule has 2 saturated carbocycles. The van der Waals surface area contributed by atoms with Crippen molar-refractivity contribution in [2.45, 2.75) is 102 Å². The third kappa shape index (κ3) is 5.04. The first-order valence-electron chi connectivity index (χ1n) is 11.4. The summed E-state index contributed by atoms with van der Waals surface area (Å²) in [4.78, 5) is 19.5. The second-order valence-corrected chi connectivity index (χ2v) is 9.30. The lowest BCUT2D eigenvalue weighted by Gasteiger charge is -2.35. The van der Waals surface area contributed by atoms with Gasteiger partial charge in [-0.25, -0.2) is 4.99 Å². The number of rotatable bonds is 8. The van der Waals surface area contributed by atoms with Crippen molar-refractivity contribution in [3.05, 3.63) is 0 Å². The number of aliphatic imine (C=N–C) groups is 1. The molecule has 0 unspecified atom stereocenters. The van der Waals surface area contributed by atoms with Crippen molar-refractivity contribution < 1.29 is 4.79 Å². The molecule has 5 nitrogen and oxygen atoms in total. The van der Waals surface area contributed by atoms with Gasteiger partial charge in [0, 0.05) is 13.1 Å².